The van der Waals surface area contributed by atoms with Crippen molar-refractivity contribution < 1.29 is 23.9 Å². The fourth-order valence-electron chi connectivity index (χ4n) is 7.59. The predicted octanol–water partition coefficient (Wildman–Crippen LogP) is 8.61. The predicted molar refractivity (Wildman–Crippen MR) is 192 cm³/mol. The molecule has 3 aromatic rings. The first-order valence-corrected chi connectivity index (χ1v) is 17.4. The highest BCUT2D eigenvalue weighted by Crippen LogP contribution is 2.55. The lowest BCUT2D eigenvalue weighted by atomic mass is 9.63. The minimum absolute atomic E-state index is 0.0831. The second kappa shape index (κ2) is 13.3. The molecule has 1 aliphatic heterocycles. The summed E-state index contributed by atoms with van der Waals surface area (Å²) in [4.78, 5) is 43.7. The van der Waals surface area contributed by atoms with Crippen LogP contribution in [0, 0.1) is 24.7 Å². The minimum atomic E-state index is -0.509. The highest BCUT2D eigenvalue weighted by molar-refractivity contribution is 6.07. The zero-order chi connectivity index (χ0) is 35.1. The van der Waals surface area contributed by atoms with E-state index in [0.29, 0.717) is 54.3 Å². The monoisotopic (exact) mass is 660 g/mol. The molecule has 7 heteroatoms. The molecule has 0 unspecified atom stereocenters. The number of nitrogens with one attached hydrogen (secondary N) is 1. The number of rotatable bonds is 9. The van der Waals surface area contributed by atoms with Crippen molar-refractivity contribution >= 4 is 23.2 Å². The lowest BCUT2D eigenvalue weighted by Crippen LogP contribution is -2.44. The van der Waals surface area contributed by atoms with Crippen molar-refractivity contribution in [2.75, 3.05) is 18.5 Å². The molecule has 2 aliphatic carbocycles. The van der Waals surface area contributed by atoms with E-state index in [9.17, 15) is 14.4 Å². The Balaban J connectivity index is 1.39. The highest BCUT2D eigenvalue weighted by Gasteiger charge is 2.49. The number of aryl methyl sites for hydroxylation is 2. The van der Waals surface area contributed by atoms with E-state index in [-0.39, 0.29) is 34.9 Å². The molecule has 0 fully saturated rings. The van der Waals surface area contributed by atoms with Crippen molar-refractivity contribution in [3.63, 3.8) is 0 Å². The average Bonchev–Trinajstić information content (AvgIpc) is 3.02. The molecular weight excluding hydrogens is 612 g/mol. The summed E-state index contributed by atoms with van der Waals surface area (Å²) in [5.41, 5.74) is 7.93. The number of nitrogens with zero attached hydrogens (tertiary/aromatic N) is 1. The first-order chi connectivity index (χ1) is 23.2. The van der Waals surface area contributed by atoms with Crippen LogP contribution < -0.4 is 14.8 Å². The van der Waals surface area contributed by atoms with Gasteiger partial charge in [0.05, 0.1) is 6.61 Å². The van der Waals surface area contributed by atoms with Crippen molar-refractivity contribution in [1.82, 2.24) is 4.90 Å². The summed E-state index contributed by atoms with van der Waals surface area (Å²) < 4.78 is 12.1. The van der Waals surface area contributed by atoms with Gasteiger partial charge in [0.25, 0.3) is 5.91 Å². The summed E-state index contributed by atoms with van der Waals surface area (Å²) in [6.45, 7) is 15.3. The summed E-state index contributed by atoms with van der Waals surface area (Å²) >= 11 is 0. The summed E-state index contributed by atoms with van der Waals surface area (Å²) in [5, 5.41) is 2.90. The van der Waals surface area contributed by atoms with Crippen LogP contribution in [0.4, 0.5) is 5.69 Å². The Morgan fingerprint density at radius 2 is 1.41 bits per heavy atom. The van der Waals surface area contributed by atoms with E-state index in [1.165, 1.54) is 0 Å². The van der Waals surface area contributed by atoms with Crippen LogP contribution in [0.25, 0.3) is 0 Å². The number of hydrogen-bond acceptors (Lipinski definition) is 6. The van der Waals surface area contributed by atoms with E-state index in [1.54, 1.807) is 6.07 Å². The number of carbonyl (C=O) groups excluding carboxylic acids is 3. The van der Waals surface area contributed by atoms with Gasteiger partial charge in [0, 0.05) is 53.5 Å². The van der Waals surface area contributed by atoms with Crippen molar-refractivity contribution in [2.24, 2.45) is 10.8 Å². The number of hydrogen-bond donors (Lipinski definition) is 1. The smallest absolute Gasteiger partial charge is 0.262 e. The van der Waals surface area contributed by atoms with Crippen LogP contribution in [-0.2, 0) is 20.9 Å². The number of ketones is 2. The lowest BCUT2D eigenvalue weighted by Gasteiger charge is -2.49. The second-order valence-corrected chi connectivity index (χ2v) is 15.4. The minimum Gasteiger partial charge on any atom is -0.490 e. The van der Waals surface area contributed by atoms with Gasteiger partial charge in [0.2, 0.25) is 0 Å². The third kappa shape index (κ3) is 7.22. The van der Waals surface area contributed by atoms with Gasteiger partial charge in [-0.2, -0.15) is 0 Å². The van der Waals surface area contributed by atoms with Crippen LogP contribution in [0.15, 0.2) is 89.3 Å². The third-order valence-electron chi connectivity index (χ3n) is 9.96. The van der Waals surface area contributed by atoms with Crippen molar-refractivity contribution in [1.29, 1.82) is 0 Å². The Morgan fingerprint density at radius 3 is 2.00 bits per heavy atom. The van der Waals surface area contributed by atoms with E-state index < -0.39 is 5.92 Å². The van der Waals surface area contributed by atoms with Gasteiger partial charge in [-0.3, -0.25) is 14.4 Å². The first-order valence-electron chi connectivity index (χ1n) is 17.4. The van der Waals surface area contributed by atoms with Gasteiger partial charge in [-0.25, -0.2) is 0 Å². The summed E-state index contributed by atoms with van der Waals surface area (Å²) in [6, 6.07) is 21.7. The van der Waals surface area contributed by atoms with Gasteiger partial charge < -0.3 is 19.7 Å². The Labute approximate surface area is 290 Å². The Hall–Kier alpha value is -4.65. The van der Waals surface area contributed by atoms with Crippen molar-refractivity contribution in [2.45, 2.75) is 86.6 Å². The Bertz CT molecular complexity index is 1810. The molecule has 6 rings (SSSR count). The molecule has 3 aromatic carbocycles. The number of allylic oxidation sites excluding steroid dienone is 4. The molecule has 49 heavy (non-hydrogen) atoms. The van der Waals surface area contributed by atoms with E-state index in [2.05, 4.69) is 50.0 Å². The van der Waals surface area contributed by atoms with Gasteiger partial charge in [0.15, 0.2) is 29.7 Å². The van der Waals surface area contributed by atoms with Crippen LogP contribution in [0.3, 0.4) is 0 Å². The Kier molecular flexibility index (Phi) is 9.31. The molecule has 1 heterocycles. The normalized spacial score (nSPS) is 18.6. The number of carbonyl (C=O) groups is 3. The largest absolute Gasteiger partial charge is 0.490 e. The van der Waals surface area contributed by atoms with Crippen LogP contribution in [0.1, 0.15) is 88.5 Å². The maximum atomic E-state index is 14.3. The van der Waals surface area contributed by atoms with Crippen molar-refractivity contribution in [3.05, 3.63) is 112 Å². The van der Waals surface area contributed by atoms with E-state index in [1.807, 2.05) is 69.3 Å². The topological polar surface area (TPSA) is 84.9 Å². The van der Waals surface area contributed by atoms with E-state index >= 15 is 0 Å². The standard InChI is InChI=1S/C42H48N2O5/c1-8-48-36-19-29(15-17-35(36)49-25-37(47)43-30-16-14-26(2)27(3)18-30)38-39-31(20-41(4,5)22-33(39)45)44(24-28-12-10-9-11-13-28)32-21-42(6,7)23-34(46)40(32)38/h9-19,38H,8,20-25H2,1-7H3,(H,43,47). The van der Waals surface area contributed by atoms with E-state index in [4.69, 9.17) is 9.47 Å². The summed E-state index contributed by atoms with van der Waals surface area (Å²) in [6.07, 6.45) is 2.30. The van der Waals surface area contributed by atoms with Crippen LogP contribution in [-0.4, -0.2) is 35.6 Å². The van der Waals surface area contributed by atoms with Gasteiger partial charge in [-0.1, -0.05) is 70.2 Å². The zero-order valence-corrected chi connectivity index (χ0v) is 29.9. The molecule has 0 saturated heterocycles. The van der Waals surface area contributed by atoms with Gasteiger partial charge in [0.1, 0.15) is 0 Å². The fourth-order valence-corrected chi connectivity index (χ4v) is 7.59. The summed E-state index contributed by atoms with van der Waals surface area (Å²) in [5.74, 6) is 0.279. The molecule has 0 saturated carbocycles. The number of anilines is 1. The molecule has 0 spiro atoms. The second-order valence-electron chi connectivity index (χ2n) is 15.4. The molecule has 0 radical (unpaired) electrons. The maximum Gasteiger partial charge on any atom is 0.262 e. The van der Waals surface area contributed by atoms with E-state index in [0.717, 1.165) is 46.5 Å². The number of ether oxygens (including phenoxy) is 2. The number of Topliss-reactive ketones (excluding diaryl/α,β-unsaturated/α-hetero) is 2. The molecule has 3 aliphatic rings. The third-order valence-corrected chi connectivity index (χ3v) is 9.96. The molecule has 256 valence electrons. The molecule has 0 atom stereocenters. The molecule has 1 N–H and O–H groups in total. The summed E-state index contributed by atoms with van der Waals surface area (Å²) in [7, 11) is 0. The maximum absolute atomic E-state index is 14.3. The van der Waals surface area contributed by atoms with Crippen LogP contribution >= 0.6 is 0 Å². The zero-order valence-electron chi connectivity index (χ0n) is 29.9. The molecule has 7 nitrogen and oxygen atoms in total. The average molecular weight is 661 g/mol. The molecule has 0 aromatic heterocycles. The quantitative estimate of drug-likeness (QED) is 0.248. The fraction of sp³-hybridized carbons (Fsp3) is 0.405. The molecular formula is C42H48N2O5. The van der Waals surface area contributed by atoms with Gasteiger partial charge in [-0.15, -0.1) is 0 Å². The molecule has 1 amide bonds. The Morgan fingerprint density at radius 1 is 0.776 bits per heavy atom. The van der Waals surface area contributed by atoms with Crippen LogP contribution in [0.5, 0.6) is 11.5 Å². The number of amides is 1. The van der Waals surface area contributed by atoms with Crippen LogP contribution in [0.2, 0.25) is 0 Å². The first kappa shape index (κ1) is 34.2. The highest BCUT2D eigenvalue weighted by atomic mass is 16.5. The SMILES string of the molecule is CCOc1cc(C2C3=C(CC(C)(C)CC3=O)N(Cc3ccccc3)C3=C2C(=O)CC(C)(C)C3)ccc1OCC(=O)Nc1ccc(C)c(C)c1. The van der Waals surface area contributed by atoms with Crippen molar-refractivity contribution in [3.8, 4) is 11.5 Å². The molecule has 0 bridgehead atoms. The number of benzene rings is 3. The van der Waals surface area contributed by atoms with Gasteiger partial charge in [-0.05, 0) is 91.0 Å². The lowest BCUT2D eigenvalue weighted by molar-refractivity contribution is -0.120. The van der Waals surface area contributed by atoms with Gasteiger partial charge >= 0.3 is 0 Å².